The molecule has 0 saturated carbocycles. The van der Waals surface area contributed by atoms with Gasteiger partial charge in [0.1, 0.15) is 0 Å². The standard InChI is InChI=1S/C19H32N2O/c1-17(9-10-18-7-4-3-5-8-18)21-14-11-19(12-15-21)20(2)13-6-16-22/h3-5,7-8,17,19,22H,6,9-16H2,1-2H3/t17-/m0/s1. The molecule has 1 atom stereocenters. The molecule has 1 aromatic rings. The van der Waals surface area contributed by atoms with Crippen molar-refractivity contribution in [3.63, 3.8) is 0 Å². The van der Waals surface area contributed by atoms with Crippen molar-refractivity contribution in [3.05, 3.63) is 35.9 Å². The van der Waals surface area contributed by atoms with Crippen molar-refractivity contribution in [2.75, 3.05) is 33.3 Å². The lowest BCUT2D eigenvalue weighted by Gasteiger charge is -2.39. The number of hydrogen-bond acceptors (Lipinski definition) is 3. The van der Waals surface area contributed by atoms with Gasteiger partial charge < -0.3 is 14.9 Å². The Hall–Kier alpha value is -0.900. The van der Waals surface area contributed by atoms with Crippen LogP contribution < -0.4 is 0 Å². The molecule has 0 unspecified atom stereocenters. The first-order chi connectivity index (χ1) is 10.7. The molecule has 1 aliphatic heterocycles. The Morgan fingerprint density at radius 3 is 2.55 bits per heavy atom. The summed E-state index contributed by atoms with van der Waals surface area (Å²) in [4.78, 5) is 5.08. The van der Waals surface area contributed by atoms with Crippen LogP contribution in [0.1, 0.15) is 38.2 Å². The van der Waals surface area contributed by atoms with Gasteiger partial charge in [-0.3, -0.25) is 0 Å². The van der Waals surface area contributed by atoms with E-state index in [-0.39, 0.29) is 0 Å². The molecule has 1 N–H and O–H groups in total. The van der Waals surface area contributed by atoms with Crippen LogP contribution in [0.2, 0.25) is 0 Å². The lowest BCUT2D eigenvalue weighted by atomic mass is 9.99. The van der Waals surface area contributed by atoms with Crippen LogP contribution in [0.4, 0.5) is 0 Å². The number of aryl methyl sites for hydroxylation is 1. The van der Waals surface area contributed by atoms with E-state index in [1.165, 1.54) is 44.3 Å². The monoisotopic (exact) mass is 304 g/mol. The first kappa shape index (κ1) is 17.5. The number of likely N-dealkylation sites (tertiary alicyclic amines) is 1. The minimum atomic E-state index is 0.305. The summed E-state index contributed by atoms with van der Waals surface area (Å²) in [6, 6.07) is 12.2. The fourth-order valence-corrected chi connectivity index (χ4v) is 3.47. The average molecular weight is 304 g/mol. The zero-order valence-corrected chi connectivity index (χ0v) is 14.2. The molecule has 3 nitrogen and oxygen atoms in total. The van der Waals surface area contributed by atoms with Crippen molar-refractivity contribution in [3.8, 4) is 0 Å². The second-order valence-electron chi connectivity index (χ2n) is 6.70. The fraction of sp³-hybridized carbons (Fsp3) is 0.684. The van der Waals surface area contributed by atoms with Crippen molar-refractivity contribution >= 4 is 0 Å². The zero-order chi connectivity index (χ0) is 15.8. The Labute approximate surface area is 135 Å². The zero-order valence-electron chi connectivity index (χ0n) is 14.2. The molecule has 3 heteroatoms. The van der Waals surface area contributed by atoms with Gasteiger partial charge >= 0.3 is 0 Å². The molecule has 1 heterocycles. The van der Waals surface area contributed by atoms with Gasteiger partial charge in [-0.05, 0) is 64.7 Å². The molecular weight excluding hydrogens is 272 g/mol. The highest BCUT2D eigenvalue weighted by Crippen LogP contribution is 2.19. The summed E-state index contributed by atoms with van der Waals surface area (Å²) >= 11 is 0. The van der Waals surface area contributed by atoms with E-state index in [9.17, 15) is 0 Å². The second kappa shape index (κ2) is 9.29. The third kappa shape index (κ3) is 5.38. The van der Waals surface area contributed by atoms with Crippen LogP contribution in [-0.4, -0.2) is 60.3 Å². The maximum Gasteiger partial charge on any atom is 0.0443 e. The molecule has 2 rings (SSSR count). The number of aliphatic hydroxyl groups is 1. The minimum Gasteiger partial charge on any atom is -0.396 e. The Morgan fingerprint density at radius 2 is 1.91 bits per heavy atom. The summed E-state index contributed by atoms with van der Waals surface area (Å²) in [6.45, 7) is 6.12. The average Bonchev–Trinajstić information content (AvgIpc) is 2.58. The lowest BCUT2D eigenvalue weighted by molar-refractivity contribution is 0.0956. The number of piperidine rings is 1. The maximum atomic E-state index is 8.95. The molecule has 0 spiro atoms. The van der Waals surface area contributed by atoms with Gasteiger partial charge in [-0.1, -0.05) is 30.3 Å². The number of nitrogens with zero attached hydrogens (tertiary/aromatic N) is 2. The molecule has 22 heavy (non-hydrogen) atoms. The maximum absolute atomic E-state index is 8.95. The summed E-state index contributed by atoms with van der Waals surface area (Å²) < 4.78 is 0. The van der Waals surface area contributed by atoms with Crippen molar-refractivity contribution in [2.24, 2.45) is 0 Å². The van der Waals surface area contributed by atoms with E-state index in [4.69, 9.17) is 5.11 Å². The van der Waals surface area contributed by atoms with Crippen LogP contribution >= 0.6 is 0 Å². The van der Waals surface area contributed by atoms with Gasteiger partial charge in [-0.2, -0.15) is 0 Å². The van der Waals surface area contributed by atoms with Crippen LogP contribution in [-0.2, 0) is 6.42 Å². The quantitative estimate of drug-likeness (QED) is 0.800. The highest BCUT2D eigenvalue weighted by Gasteiger charge is 2.24. The van der Waals surface area contributed by atoms with Gasteiger partial charge in [-0.25, -0.2) is 0 Å². The molecule has 0 aromatic heterocycles. The van der Waals surface area contributed by atoms with Crippen molar-refractivity contribution < 1.29 is 5.11 Å². The van der Waals surface area contributed by atoms with Gasteiger partial charge in [0.2, 0.25) is 0 Å². The molecular formula is C19H32N2O. The highest BCUT2D eigenvalue weighted by atomic mass is 16.3. The number of benzene rings is 1. The van der Waals surface area contributed by atoms with E-state index in [0.29, 0.717) is 18.7 Å². The van der Waals surface area contributed by atoms with Crippen LogP contribution in [0.5, 0.6) is 0 Å². The van der Waals surface area contributed by atoms with Crippen LogP contribution in [0.15, 0.2) is 30.3 Å². The topological polar surface area (TPSA) is 26.7 Å². The summed E-state index contributed by atoms with van der Waals surface area (Å²) in [5.41, 5.74) is 1.45. The normalized spacial score (nSPS) is 18.7. The summed E-state index contributed by atoms with van der Waals surface area (Å²) in [6.07, 6.45) is 5.84. The Morgan fingerprint density at radius 1 is 1.23 bits per heavy atom. The third-order valence-corrected chi connectivity index (χ3v) is 5.11. The Kier molecular flexibility index (Phi) is 7.37. The predicted molar refractivity (Wildman–Crippen MR) is 93.2 cm³/mol. The Balaban J connectivity index is 1.69. The molecule has 0 aliphatic carbocycles. The van der Waals surface area contributed by atoms with Gasteiger partial charge in [0, 0.05) is 25.2 Å². The molecule has 0 amide bonds. The smallest absolute Gasteiger partial charge is 0.0443 e. The van der Waals surface area contributed by atoms with Crippen LogP contribution in [0, 0.1) is 0 Å². The molecule has 0 radical (unpaired) electrons. The molecule has 124 valence electrons. The SMILES string of the molecule is C[C@@H](CCc1ccccc1)N1CCC(N(C)CCCO)CC1. The summed E-state index contributed by atoms with van der Waals surface area (Å²) in [5.74, 6) is 0. The van der Waals surface area contributed by atoms with E-state index >= 15 is 0 Å². The van der Waals surface area contributed by atoms with Crippen LogP contribution in [0.25, 0.3) is 0 Å². The van der Waals surface area contributed by atoms with Gasteiger partial charge in [-0.15, -0.1) is 0 Å². The number of hydrogen-bond donors (Lipinski definition) is 1. The van der Waals surface area contributed by atoms with E-state index in [2.05, 4.69) is 54.1 Å². The highest BCUT2D eigenvalue weighted by molar-refractivity contribution is 5.14. The van der Waals surface area contributed by atoms with Crippen LogP contribution in [0.3, 0.4) is 0 Å². The summed E-state index contributed by atoms with van der Waals surface area (Å²) in [5, 5.41) is 8.95. The molecule has 0 bridgehead atoms. The number of rotatable bonds is 8. The van der Waals surface area contributed by atoms with Gasteiger partial charge in [0.25, 0.3) is 0 Å². The largest absolute Gasteiger partial charge is 0.396 e. The minimum absolute atomic E-state index is 0.305. The van der Waals surface area contributed by atoms with E-state index in [1.54, 1.807) is 0 Å². The van der Waals surface area contributed by atoms with E-state index in [1.807, 2.05) is 0 Å². The van der Waals surface area contributed by atoms with Gasteiger partial charge in [0.15, 0.2) is 0 Å². The molecule has 1 aromatic carbocycles. The molecule has 1 aliphatic rings. The molecule has 1 saturated heterocycles. The van der Waals surface area contributed by atoms with E-state index in [0.717, 1.165) is 13.0 Å². The second-order valence-corrected chi connectivity index (χ2v) is 6.70. The van der Waals surface area contributed by atoms with Gasteiger partial charge in [0.05, 0.1) is 0 Å². The third-order valence-electron chi connectivity index (χ3n) is 5.11. The first-order valence-electron chi connectivity index (χ1n) is 8.79. The van der Waals surface area contributed by atoms with E-state index < -0.39 is 0 Å². The lowest BCUT2D eigenvalue weighted by Crippen LogP contribution is -2.46. The fourth-order valence-electron chi connectivity index (χ4n) is 3.47. The Bertz CT molecular complexity index is 401. The van der Waals surface area contributed by atoms with Crippen molar-refractivity contribution in [2.45, 2.75) is 51.1 Å². The van der Waals surface area contributed by atoms with Crippen molar-refractivity contribution in [1.29, 1.82) is 0 Å². The molecule has 1 fully saturated rings. The van der Waals surface area contributed by atoms with Crippen molar-refractivity contribution in [1.82, 2.24) is 9.80 Å². The number of aliphatic hydroxyl groups excluding tert-OH is 1. The predicted octanol–water partition coefficient (Wildman–Crippen LogP) is 2.79. The first-order valence-corrected chi connectivity index (χ1v) is 8.79. The summed E-state index contributed by atoms with van der Waals surface area (Å²) in [7, 11) is 2.20.